The maximum atomic E-state index is 13.7. The molecule has 3 N–H and O–H groups in total. The summed E-state index contributed by atoms with van der Waals surface area (Å²) in [6.45, 7) is 9.30. The van der Waals surface area contributed by atoms with Gasteiger partial charge in [0.15, 0.2) is 11.6 Å². The number of hydrogen-bond acceptors (Lipinski definition) is 7. The molecular weight excluding hydrogens is 506 g/mol. The van der Waals surface area contributed by atoms with Crippen LogP contribution < -0.4 is 20.9 Å². The van der Waals surface area contributed by atoms with Crippen LogP contribution in [0.2, 0.25) is 0 Å². The lowest BCUT2D eigenvalue weighted by atomic mass is 9.95. The SMILES string of the molecule is CC(=O)C1CC2NCC(=O)C2N1C(=O)C(CC(C)C)NC(=O)c1ccc(N2CCNCC2)cc1.c1cc2ccc1-2. The second-order valence-electron chi connectivity index (χ2n) is 11.5. The molecule has 40 heavy (non-hydrogen) atoms. The van der Waals surface area contributed by atoms with E-state index in [4.69, 9.17) is 0 Å². The standard InChI is InChI=1S/C25H35N5O4.C6H4/c1-15(2)12-20(25(34)30-21(16(3)31)13-19-23(30)22(32)14-27-19)28-24(33)17-4-6-18(7-5-17)29-10-8-26-9-11-29;1-2-6-4-3-5(1)6/h4-7,15,19-21,23,26-27H,8-14H2,1-3H3,(H,28,33);1-4H. The Bertz CT molecular complexity index is 1230. The highest BCUT2D eigenvalue weighted by Gasteiger charge is 2.52. The number of nitrogens with zero attached hydrogens (tertiary/aromatic N) is 2. The second kappa shape index (κ2) is 11.9. The van der Waals surface area contributed by atoms with Crippen molar-refractivity contribution in [2.24, 2.45) is 5.92 Å². The molecule has 0 bridgehead atoms. The summed E-state index contributed by atoms with van der Waals surface area (Å²) in [6.07, 6.45) is 0.844. The van der Waals surface area contributed by atoms with Crippen LogP contribution in [0.1, 0.15) is 44.0 Å². The van der Waals surface area contributed by atoms with Gasteiger partial charge in [-0.2, -0.15) is 0 Å². The van der Waals surface area contributed by atoms with E-state index in [1.165, 1.54) is 23.0 Å². The van der Waals surface area contributed by atoms with Crippen LogP contribution in [0.5, 0.6) is 0 Å². The van der Waals surface area contributed by atoms with Crippen LogP contribution >= 0.6 is 0 Å². The van der Waals surface area contributed by atoms with Crippen molar-refractivity contribution < 1.29 is 19.2 Å². The summed E-state index contributed by atoms with van der Waals surface area (Å²) in [4.78, 5) is 55.3. The molecule has 9 heteroatoms. The van der Waals surface area contributed by atoms with Gasteiger partial charge in [-0.25, -0.2) is 0 Å². The Morgan fingerprint density at radius 3 is 2.12 bits per heavy atom. The minimum Gasteiger partial charge on any atom is -0.369 e. The van der Waals surface area contributed by atoms with Crippen molar-refractivity contribution in [3.8, 4) is 11.1 Å². The molecule has 0 saturated carbocycles. The van der Waals surface area contributed by atoms with Crippen molar-refractivity contribution in [1.29, 1.82) is 0 Å². The van der Waals surface area contributed by atoms with E-state index in [0.717, 1.165) is 31.9 Å². The van der Waals surface area contributed by atoms with Gasteiger partial charge in [0.2, 0.25) is 5.91 Å². The fourth-order valence-electron chi connectivity index (χ4n) is 5.96. The fraction of sp³-hybridized carbons (Fsp3) is 0.484. The Kier molecular flexibility index (Phi) is 8.32. The molecule has 212 valence electrons. The predicted molar refractivity (Wildman–Crippen MR) is 154 cm³/mol. The van der Waals surface area contributed by atoms with E-state index < -0.39 is 18.1 Å². The first kappa shape index (κ1) is 28.0. The summed E-state index contributed by atoms with van der Waals surface area (Å²) < 4.78 is 0. The molecule has 0 spiro atoms. The molecule has 3 heterocycles. The van der Waals surface area contributed by atoms with Crippen molar-refractivity contribution in [2.75, 3.05) is 37.6 Å². The van der Waals surface area contributed by atoms with Crippen LogP contribution in [-0.2, 0) is 14.4 Å². The van der Waals surface area contributed by atoms with Gasteiger partial charge in [-0.1, -0.05) is 38.1 Å². The van der Waals surface area contributed by atoms with Crippen molar-refractivity contribution in [3.05, 3.63) is 54.1 Å². The molecule has 4 unspecified atom stereocenters. The van der Waals surface area contributed by atoms with Crippen LogP contribution in [0.3, 0.4) is 0 Å². The van der Waals surface area contributed by atoms with Crippen LogP contribution in [-0.4, -0.2) is 85.2 Å². The van der Waals surface area contributed by atoms with Crippen LogP contribution in [0.25, 0.3) is 11.1 Å². The lowest BCUT2D eigenvalue weighted by molar-refractivity contribution is -0.143. The van der Waals surface area contributed by atoms with E-state index in [1.807, 2.05) is 26.0 Å². The lowest BCUT2D eigenvalue weighted by Gasteiger charge is -2.32. The van der Waals surface area contributed by atoms with Gasteiger partial charge in [0.25, 0.3) is 5.91 Å². The molecule has 5 aliphatic rings. The summed E-state index contributed by atoms with van der Waals surface area (Å²) in [5, 5.41) is 9.35. The van der Waals surface area contributed by atoms with Gasteiger partial charge < -0.3 is 25.8 Å². The molecule has 3 saturated heterocycles. The van der Waals surface area contributed by atoms with Gasteiger partial charge in [0.05, 0.1) is 12.6 Å². The third kappa shape index (κ3) is 5.81. The summed E-state index contributed by atoms with van der Waals surface area (Å²) in [5.74, 6) is -0.785. The van der Waals surface area contributed by atoms with Gasteiger partial charge in [-0.15, -0.1) is 0 Å². The first-order chi connectivity index (χ1) is 19.2. The number of carbonyl (C=O) groups excluding carboxylic acids is 4. The molecule has 2 amide bonds. The molecule has 3 fully saturated rings. The molecule has 1 aromatic rings. The largest absolute Gasteiger partial charge is 0.369 e. The number of fused-ring (bicyclic) bond motifs is 2. The van der Waals surface area contributed by atoms with Gasteiger partial charge >= 0.3 is 0 Å². The van der Waals surface area contributed by atoms with Crippen molar-refractivity contribution in [3.63, 3.8) is 0 Å². The first-order valence-corrected chi connectivity index (χ1v) is 14.3. The number of anilines is 1. The van der Waals surface area contributed by atoms with E-state index in [0.29, 0.717) is 18.4 Å². The highest BCUT2D eigenvalue weighted by atomic mass is 16.2. The monoisotopic (exact) mass is 545 g/mol. The highest BCUT2D eigenvalue weighted by Crippen LogP contribution is 2.31. The average molecular weight is 546 g/mol. The predicted octanol–water partition coefficient (Wildman–Crippen LogP) is 2.01. The molecular formula is C31H39N5O4. The van der Waals surface area contributed by atoms with E-state index in [2.05, 4.69) is 45.1 Å². The number of hydrogen-bond donors (Lipinski definition) is 3. The number of amides is 2. The second-order valence-corrected chi connectivity index (χ2v) is 11.5. The molecule has 2 aliphatic carbocycles. The van der Waals surface area contributed by atoms with Gasteiger partial charge in [0, 0.05) is 43.5 Å². The number of Topliss-reactive ketones (excluding diaryl/α,β-unsaturated/α-hetero) is 2. The number of piperazine rings is 1. The topological polar surface area (TPSA) is 111 Å². The van der Waals surface area contributed by atoms with Crippen molar-refractivity contribution in [1.82, 2.24) is 20.9 Å². The number of benzene rings is 2. The average Bonchev–Trinajstić information content (AvgIpc) is 3.50. The molecule has 0 aromatic heterocycles. The third-order valence-corrected chi connectivity index (χ3v) is 8.23. The molecule has 6 rings (SSSR count). The summed E-state index contributed by atoms with van der Waals surface area (Å²) in [7, 11) is 0. The van der Waals surface area contributed by atoms with Crippen molar-refractivity contribution in [2.45, 2.75) is 57.8 Å². The summed E-state index contributed by atoms with van der Waals surface area (Å²) >= 11 is 0. The molecule has 9 nitrogen and oxygen atoms in total. The Morgan fingerprint density at radius 2 is 1.60 bits per heavy atom. The molecule has 0 radical (unpaired) electrons. The van der Waals surface area contributed by atoms with E-state index in [1.54, 1.807) is 12.1 Å². The van der Waals surface area contributed by atoms with E-state index >= 15 is 0 Å². The fourth-order valence-corrected chi connectivity index (χ4v) is 5.96. The lowest BCUT2D eigenvalue weighted by Crippen LogP contribution is -2.56. The third-order valence-electron chi connectivity index (χ3n) is 8.23. The van der Waals surface area contributed by atoms with Gasteiger partial charge in [0.1, 0.15) is 12.1 Å². The molecule has 1 aromatic carbocycles. The van der Waals surface area contributed by atoms with Crippen LogP contribution in [0.15, 0.2) is 48.5 Å². The Balaban J connectivity index is 0.000000467. The number of rotatable bonds is 7. The zero-order valence-electron chi connectivity index (χ0n) is 23.5. The van der Waals surface area contributed by atoms with Crippen LogP contribution in [0.4, 0.5) is 5.69 Å². The maximum absolute atomic E-state index is 13.7. The smallest absolute Gasteiger partial charge is 0.251 e. The normalized spacial score (nSPS) is 23.3. The molecule has 3 aliphatic heterocycles. The summed E-state index contributed by atoms with van der Waals surface area (Å²) in [5.41, 5.74) is 4.39. The zero-order chi connectivity index (χ0) is 28.4. The number of likely N-dealkylation sites (tertiary alicyclic amines) is 1. The number of carbonyl (C=O) groups is 4. The van der Waals surface area contributed by atoms with Crippen molar-refractivity contribution >= 4 is 29.1 Å². The minimum atomic E-state index is -0.811. The van der Waals surface area contributed by atoms with E-state index in [9.17, 15) is 19.2 Å². The zero-order valence-corrected chi connectivity index (χ0v) is 23.5. The highest BCUT2D eigenvalue weighted by molar-refractivity contribution is 6.01. The van der Waals surface area contributed by atoms with Gasteiger partial charge in [-0.3, -0.25) is 19.2 Å². The quantitative estimate of drug-likeness (QED) is 0.417. The minimum absolute atomic E-state index is 0.0831. The van der Waals surface area contributed by atoms with Gasteiger partial charge in [-0.05, 0) is 61.1 Å². The van der Waals surface area contributed by atoms with E-state index in [-0.39, 0.29) is 41.9 Å². The first-order valence-electron chi connectivity index (χ1n) is 14.3. The number of nitrogens with one attached hydrogen (secondary N) is 3. The number of ketones is 2. The Hall–Kier alpha value is -3.56. The van der Waals surface area contributed by atoms with Crippen LogP contribution in [0, 0.1) is 5.92 Å². The molecule has 4 atom stereocenters. The Labute approximate surface area is 235 Å². The maximum Gasteiger partial charge on any atom is 0.251 e. The Morgan fingerprint density at radius 1 is 0.975 bits per heavy atom. The summed E-state index contributed by atoms with van der Waals surface area (Å²) in [6, 6.07) is 13.6.